The van der Waals surface area contributed by atoms with E-state index in [2.05, 4.69) is 59.4 Å². The quantitative estimate of drug-likeness (QED) is 0.653. The minimum Gasteiger partial charge on any atom is -0.289 e. The molecule has 1 aromatic rings. The van der Waals surface area contributed by atoms with Gasteiger partial charge in [-0.05, 0) is 26.0 Å². The lowest BCUT2D eigenvalue weighted by atomic mass is 9.95. The van der Waals surface area contributed by atoms with Crippen molar-refractivity contribution in [2.45, 2.75) is 32.1 Å². The van der Waals surface area contributed by atoms with E-state index in [4.69, 9.17) is 0 Å². The van der Waals surface area contributed by atoms with Crippen molar-refractivity contribution in [2.24, 2.45) is 5.92 Å². The van der Waals surface area contributed by atoms with Gasteiger partial charge in [0.15, 0.2) is 0 Å². The summed E-state index contributed by atoms with van der Waals surface area (Å²) in [5, 5.41) is 2.23. The van der Waals surface area contributed by atoms with E-state index in [9.17, 15) is 0 Å². The van der Waals surface area contributed by atoms with E-state index in [1.165, 1.54) is 5.69 Å². The molecule has 0 aliphatic carbocycles. The Hall–Kier alpha value is -1.10. The predicted molar refractivity (Wildman–Crippen MR) is 64.5 cm³/mol. The molecule has 4 nitrogen and oxygen atoms in total. The van der Waals surface area contributed by atoms with E-state index in [0.29, 0.717) is 24.2 Å². The fourth-order valence-electron chi connectivity index (χ4n) is 2.84. The van der Waals surface area contributed by atoms with Gasteiger partial charge in [0.25, 0.3) is 0 Å². The fraction of sp³-hybridized carbons (Fsp3) is 0.500. The molecule has 2 heterocycles. The van der Waals surface area contributed by atoms with Crippen LogP contribution in [0.3, 0.4) is 0 Å². The van der Waals surface area contributed by atoms with Gasteiger partial charge in [-0.25, -0.2) is 10.9 Å². The number of fused-ring (bicyclic) bond motifs is 1. The standard InChI is InChI=1S/C12H18N4/c1-8-11-9(2)15-16(12(11)14-13-8)10-6-4-3-5-7-10/h3-9,11-15H,1-2H3. The number of rotatable bonds is 1. The summed E-state index contributed by atoms with van der Waals surface area (Å²) in [6.45, 7) is 4.47. The molecule has 2 aliphatic heterocycles. The number of hydrazine groups is 2. The molecule has 16 heavy (non-hydrogen) atoms. The number of para-hydroxylation sites is 1. The highest BCUT2D eigenvalue weighted by Gasteiger charge is 2.46. The number of hydrogen-bond acceptors (Lipinski definition) is 4. The Morgan fingerprint density at radius 2 is 1.75 bits per heavy atom. The van der Waals surface area contributed by atoms with Crippen LogP contribution in [0.15, 0.2) is 30.3 Å². The summed E-state index contributed by atoms with van der Waals surface area (Å²) in [4.78, 5) is 0. The zero-order chi connectivity index (χ0) is 11.1. The third kappa shape index (κ3) is 1.42. The minimum atomic E-state index is 0.340. The van der Waals surface area contributed by atoms with Crippen molar-refractivity contribution in [3.8, 4) is 0 Å². The van der Waals surface area contributed by atoms with Gasteiger partial charge in [0.2, 0.25) is 0 Å². The van der Waals surface area contributed by atoms with Gasteiger partial charge in [-0.2, -0.15) is 0 Å². The molecular weight excluding hydrogens is 200 g/mol. The van der Waals surface area contributed by atoms with Crippen LogP contribution in [0.25, 0.3) is 0 Å². The van der Waals surface area contributed by atoms with Crippen LogP contribution in [-0.4, -0.2) is 18.2 Å². The summed E-state index contributed by atoms with van der Waals surface area (Å²) in [5.74, 6) is 0.597. The van der Waals surface area contributed by atoms with Gasteiger partial charge in [0.1, 0.15) is 6.17 Å². The molecule has 0 amide bonds. The molecule has 4 heteroatoms. The van der Waals surface area contributed by atoms with Gasteiger partial charge < -0.3 is 0 Å². The van der Waals surface area contributed by atoms with E-state index in [-0.39, 0.29) is 0 Å². The SMILES string of the molecule is CC1NNC2C1C(C)NN2c1ccccc1. The van der Waals surface area contributed by atoms with Gasteiger partial charge in [0.05, 0.1) is 5.69 Å². The lowest BCUT2D eigenvalue weighted by Gasteiger charge is -2.25. The molecule has 0 spiro atoms. The van der Waals surface area contributed by atoms with Gasteiger partial charge >= 0.3 is 0 Å². The summed E-state index contributed by atoms with van der Waals surface area (Å²) in [5.41, 5.74) is 11.4. The van der Waals surface area contributed by atoms with Gasteiger partial charge in [-0.15, -0.1) is 0 Å². The molecule has 3 N–H and O–H groups in total. The van der Waals surface area contributed by atoms with Crippen molar-refractivity contribution < 1.29 is 0 Å². The number of hydrogen-bond donors (Lipinski definition) is 3. The van der Waals surface area contributed by atoms with Crippen LogP contribution in [0.1, 0.15) is 13.8 Å². The van der Waals surface area contributed by atoms with Crippen LogP contribution < -0.4 is 21.3 Å². The normalized spacial score (nSPS) is 37.8. The Bertz CT molecular complexity index is 367. The van der Waals surface area contributed by atoms with Crippen molar-refractivity contribution in [2.75, 3.05) is 5.01 Å². The molecule has 0 saturated carbocycles. The van der Waals surface area contributed by atoms with Crippen molar-refractivity contribution in [1.82, 2.24) is 16.3 Å². The Balaban J connectivity index is 1.89. The van der Waals surface area contributed by atoms with Crippen molar-refractivity contribution in [3.05, 3.63) is 30.3 Å². The largest absolute Gasteiger partial charge is 0.289 e. The first kappa shape index (κ1) is 10.1. The zero-order valence-electron chi connectivity index (χ0n) is 9.64. The molecule has 0 aromatic heterocycles. The lowest BCUT2D eigenvalue weighted by molar-refractivity contribution is 0.418. The zero-order valence-corrected chi connectivity index (χ0v) is 9.64. The Kier molecular flexibility index (Phi) is 2.35. The van der Waals surface area contributed by atoms with Crippen LogP contribution in [0.2, 0.25) is 0 Å². The molecule has 1 aromatic carbocycles. The molecule has 2 aliphatic rings. The molecular formula is C12H18N4. The molecule has 2 saturated heterocycles. The van der Waals surface area contributed by atoms with Crippen molar-refractivity contribution in [1.29, 1.82) is 0 Å². The van der Waals surface area contributed by atoms with E-state index >= 15 is 0 Å². The topological polar surface area (TPSA) is 39.3 Å². The maximum Gasteiger partial charge on any atom is 0.113 e. The number of anilines is 1. The number of nitrogens with zero attached hydrogens (tertiary/aromatic N) is 1. The average molecular weight is 218 g/mol. The first-order valence-electron chi connectivity index (χ1n) is 5.89. The summed E-state index contributed by atoms with van der Waals surface area (Å²) in [6.07, 6.45) is 0.340. The molecule has 4 atom stereocenters. The highest BCUT2D eigenvalue weighted by atomic mass is 15.7. The summed E-state index contributed by atoms with van der Waals surface area (Å²) in [7, 11) is 0. The smallest absolute Gasteiger partial charge is 0.113 e. The highest BCUT2D eigenvalue weighted by Crippen LogP contribution is 2.30. The number of nitrogens with one attached hydrogen (secondary N) is 3. The van der Waals surface area contributed by atoms with E-state index < -0.39 is 0 Å². The summed E-state index contributed by atoms with van der Waals surface area (Å²) >= 11 is 0. The van der Waals surface area contributed by atoms with E-state index in [1.54, 1.807) is 0 Å². The first-order valence-corrected chi connectivity index (χ1v) is 5.89. The third-order valence-corrected chi connectivity index (χ3v) is 3.63. The van der Waals surface area contributed by atoms with Crippen molar-refractivity contribution >= 4 is 5.69 Å². The summed E-state index contributed by atoms with van der Waals surface area (Å²) in [6, 6.07) is 11.4. The molecule has 2 fully saturated rings. The Morgan fingerprint density at radius 1 is 1.00 bits per heavy atom. The second kappa shape index (κ2) is 3.73. The summed E-state index contributed by atoms with van der Waals surface area (Å²) < 4.78 is 0. The van der Waals surface area contributed by atoms with Crippen LogP contribution in [-0.2, 0) is 0 Å². The molecule has 86 valence electrons. The molecule has 4 unspecified atom stereocenters. The predicted octanol–water partition coefficient (Wildman–Crippen LogP) is 0.838. The fourth-order valence-corrected chi connectivity index (χ4v) is 2.84. The van der Waals surface area contributed by atoms with Crippen molar-refractivity contribution in [3.63, 3.8) is 0 Å². The van der Waals surface area contributed by atoms with Gasteiger partial charge in [-0.3, -0.25) is 10.4 Å². The molecule has 0 bridgehead atoms. The second-order valence-corrected chi connectivity index (χ2v) is 4.72. The van der Waals surface area contributed by atoms with Crippen LogP contribution in [0, 0.1) is 5.92 Å². The average Bonchev–Trinajstić information content (AvgIpc) is 2.83. The Morgan fingerprint density at radius 3 is 2.50 bits per heavy atom. The van der Waals surface area contributed by atoms with Gasteiger partial charge in [0, 0.05) is 18.0 Å². The van der Waals surface area contributed by atoms with E-state index in [1.807, 2.05) is 6.07 Å². The molecule has 0 radical (unpaired) electrons. The van der Waals surface area contributed by atoms with Gasteiger partial charge in [-0.1, -0.05) is 18.2 Å². The molecule has 3 rings (SSSR count). The lowest BCUT2D eigenvalue weighted by Crippen LogP contribution is -2.48. The number of benzene rings is 1. The second-order valence-electron chi connectivity index (χ2n) is 4.72. The van der Waals surface area contributed by atoms with Crippen LogP contribution >= 0.6 is 0 Å². The highest BCUT2D eigenvalue weighted by molar-refractivity contribution is 5.47. The maximum atomic E-state index is 3.53. The Labute approximate surface area is 96.0 Å². The third-order valence-electron chi connectivity index (χ3n) is 3.63. The van der Waals surface area contributed by atoms with E-state index in [0.717, 1.165) is 0 Å². The maximum absolute atomic E-state index is 3.53. The monoisotopic (exact) mass is 218 g/mol. The van der Waals surface area contributed by atoms with Crippen LogP contribution in [0.4, 0.5) is 5.69 Å². The first-order chi connectivity index (χ1) is 7.77. The minimum absolute atomic E-state index is 0.340. The van der Waals surface area contributed by atoms with Crippen LogP contribution in [0.5, 0.6) is 0 Å².